The Hall–Kier alpha value is -6.24. The van der Waals surface area contributed by atoms with E-state index in [-0.39, 0.29) is 0 Å². The average Bonchev–Trinajstić information content (AvgIpc) is 3.15. The number of unbranched alkanes of at least 4 members (excludes halogenated alkanes) is 9. The molecule has 0 heterocycles. The van der Waals surface area contributed by atoms with E-state index in [0.717, 1.165) is 76.7 Å². The predicted molar refractivity (Wildman–Crippen MR) is 186 cm³/mol. The molecule has 0 fully saturated rings. The first-order valence-electron chi connectivity index (χ1n) is 16.7. The normalized spacial score (nSPS) is 9.13. The molecular formula is C31H46N12O10. The van der Waals surface area contributed by atoms with Gasteiger partial charge in [-0.1, -0.05) is 38.5 Å². The van der Waals surface area contributed by atoms with E-state index in [2.05, 4.69) is 51.2 Å². The van der Waals surface area contributed by atoms with E-state index in [4.69, 9.17) is 0 Å². The maximum absolute atomic E-state index is 12.6. The molecule has 0 aliphatic rings. The van der Waals surface area contributed by atoms with Crippen LogP contribution in [0.4, 0.5) is 19.2 Å². The smallest absolute Gasteiger partial charge is 0.328 e. The quantitative estimate of drug-likeness (QED) is 0.0538. The van der Waals surface area contributed by atoms with Crippen molar-refractivity contribution >= 4 is 60.6 Å². The molecule has 0 unspecified atom stereocenters. The van der Waals surface area contributed by atoms with Crippen molar-refractivity contribution in [3.05, 3.63) is 0 Å². The number of amides is 8. The molecule has 0 aliphatic heterocycles. The maximum Gasteiger partial charge on any atom is 0.328 e. The fourth-order valence-electron chi connectivity index (χ4n) is 3.96. The van der Waals surface area contributed by atoms with Gasteiger partial charge in [0, 0.05) is 19.6 Å². The molecule has 22 nitrogen and oxygen atoms in total. The molecule has 0 aromatic heterocycles. The van der Waals surface area contributed by atoms with Crippen LogP contribution in [0.1, 0.15) is 77.0 Å². The third kappa shape index (κ3) is 31.5. The standard InChI is InChI=1S/C23H38N6O5.C8H8N6O5/c30-19-24-13-7-1-3-10-16-27-22(33)29(18-12-6-5-9-15-26-21-32)23(34)28-17-11-4-2-8-14-25-20-31;15-4-9-1-12-7(18)14(3-11-6-17)8(19)13-2-10-5-16/h1-18H2,(H,27,33)(H,28,34);1-3H2,(H,12,18)(H,13,19). The minimum atomic E-state index is -0.967. The van der Waals surface area contributed by atoms with Crippen molar-refractivity contribution in [3.8, 4) is 0 Å². The zero-order chi connectivity index (χ0) is 39.6. The van der Waals surface area contributed by atoms with Crippen molar-refractivity contribution in [1.29, 1.82) is 0 Å². The lowest BCUT2D eigenvalue weighted by Gasteiger charge is -2.22. The Bertz CT molecular complexity index is 1300. The zero-order valence-electron chi connectivity index (χ0n) is 29.5. The third-order valence-corrected chi connectivity index (χ3v) is 6.55. The highest BCUT2D eigenvalue weighted by Crippen LogP contribution is 2.05. The highest BCUT2D eigenvalue weighted by molar-refractivity contribution is 5.94. The molecular weight excluding hydrogens is 700 g/mol. The summed E-state index contributed by atoms with van der Waals surface area (Å²) in [5, 5.41) is 9.74. The van der Waals surface area contributed by atoms with Gasteiger partial charge in [0.25, 0.3) is 0 Å². The van der Waals surface area contributed by atoms with Crippen molar-refractivity contribution in [2.45, 2.75) is 77.0 Å². The summed E-state index contributed by atoms with van der Waals surface area (Å²) in [5.41, 5.74) is 0. The van der Waals surface area contributed by atoms with E-state index in [9.17, 15) is 47.9 Å². The number of rotatable bonds is 27. The number of carbonyl (C=O) groups excluding carboxylic acids is 10. The summed E-state index contributed by atoms with van der Waals surface area (Å²) in [7, 11) is 0. The lowest BCUT2D eigenvalue weighted by atomic mass is 10.2. The van der Waals surface area contributed by atoms with Crippen molar-refractivity contribution in [1.82, 2.24) is 31.1 Å². The molecule has 290 valence electrons. The van der Waals surface area contributed by atoms with Gasteiger partial charge in [0.05, 0.1) is 19.6 Å². The highest BCUT2D eigenvalue weighted by atomic mass is 16.2. The van der Waals surface area contributed by atoms with Crippen LogP contribution in [0.5, 0.6) is 0 Å². The van der Waals surface area contributed by atoms with Crippen LogP contribution in [0.2, 0.25) is 0 Å². The van der Waals surface area contributed by atoms with E-state index in [1.165, 1.54) is 35.3 Å². The Morgan fingerprint density at radius 1 is 0.377 bits per heavy atom. The predicted octanol–water partition coefficient (Wildman–Crippen LogP) is 1.98. The monoisotopic (exact) mass is 746 g/mol. The molecule has 0 saturated carbocycles. The lowest BCUT2D eigenvalue weighted by Crippen LogP contribution is -2.49. The van der Waals surface area contributed by atoms with Gasteiger partial charge in [-0.3, -0.25) is 0 Å². The molecule has 0 aromatic carbocycles. The molecule has 4 N–H and O–H groups in total. The first-order chi connectivity index (χ1) is 25.8. The second-order valence-corrected chi connectivity index (χ2v) is 10.4. The minimum Gasteiger partial charge on any atom is -0.338 e. The van der Waals surface area contributed by atoms with E-state index in [0.29, 0.717) is 50.6 Å². The summed E-state index contributed by atoms with van der Waals surface area (Å²) >= 11 is 0. The van der Waals surface area contributed by atoms with Gasteiger partial charge in [0.1, 0.15) is 20.0 Å². The maximum atomic E-state index is 12.6. The highest BCUT2D eigenvalue weighted by Gasteiger charge is 2.21. The zero-order valence-corrected chi connectivity index (χ0v) is 29.5. The van der Waals surface area contributed by atoms with Gasteiger partial charge in [0.2, 0.25) is 36.5 Å². The van der Waals surface area contributed by atoms with Crippen molar-refractivity contribution in [3.63, 3.8) is 0 Å². The van der Waals surface area contributed by atoms with E-state index in [1.807, 2.05) is 0 Å². The van der Waals surface area contributed by atoms with Gasteiger partial charge in [-0.2, -0.15) is 15.0 Å². The van der Waals surface area contributed by atoms with E-state index < -0.39 is 44.1 Å². The first kappa shape index (κ1) is 48.9. The fourth-order valence-corrected chi connectivity index (χ4v) is 3.96. The van der Waals surface area contributed by atoms with Crippen molar-refractivity contribution < 1.29 is 47.9 Å². The van der Waals surface area contributed by atoms with Crippen LogP contribution in [0.3, 0.4) is 0 Å². The van der Waals surface area contributed by atoms with Crippen molar-refractivity contribution in [2.24, 2.45) is 30.0 Å². The van der Waals surface area contributed by atoms with Crippen LogP contribution in [-0.2, 0) is 28.8 Å². The summed E-state index contributed by atoms with van der Waals surface area (Å²) in [6.07, 6.45) is 17.9. The number of hydrogen-bond acceptors (Lipinski definition) is 16. The van der Waals surface area contributed by atoms with Gasteiger partial charge < -0.3 is 21.3 Å². The Morgan fingerprint density at radius 2 is 0.717 bits per heavy atom. The Balaban J connectivity index is 0. The number of nitrogens with zero attached hydrogens (tertiary/aromatic N) is 8. The number of nitrogens with one attached hydrogen (secondary N) is 4. The molecule has 0 atom stereocenters. The van der Waals surface area contributed by atoms with E-state index in [1.54, 1.807) is 0 Å². The number of carbonyl (C=O) groups is 4. The summed E-state index contributed by atoms with van der Waals surface area (Å²) in [5.74, 6) is 0. The molecule has 0 radical (unpaired) electrons. The van der Waals surface area contributed by atoms with E-state index >= 15 is 0 Å². The SMILES string of the molecule is O=C=NCCCCCCNC(=O)N(CCCCCCN=C=O)C(=O)NCCCCCCN=C=O.O=C=NCNC(=O)N(CN=C=O)C(=O)NCN=C=O. The van der Waals surface area contributed by atoms with Crippen LogP contribution in [0.25, 0.3) is 0 Å². The largest absolute Gasteiger partial charge is 0.338 e. The van der Waals surface area contributed by atoms with Crippen LogP contribution in [0, 0.1) is 0 Å². The molecule has 0 aliphatic carbocycles. The van der Waals surface area contributed by atoms with Crippen LogP contribution >= 0.6 is 0 Å². The molecule has 0 aromatic rings. The Kier molecular flexibility index (Phi) is 35.6. The number of hydrogen-bond donors (Lipinski definition) is 4. The Morgan fingerprint density at radius 3 is 1.09 bits per heavy atom. The Labute approximate surface area is 305 Å². The third-order valence-electron chi connectivity index (χ3n) is 6.55. The minimum absolute atomic E-state index is 0.308. The van der Waals surface area contributed by atoms with Gasteiger partial charge >= 0.3 is 24.1 Å². The second-order valence-electron chi connectivity index (χ2n) is 10.4. The molecule has 8 amide bonds. The molecule has 0 bridgehead atoms. The van der Waals surface area contributed by atoms with Gasteiger partial charge in [0.15, 0.2) is 0 Å². The topological polar surface area (TPSA) is 299 Å². The van der Waals surface area contributed by atoms with Crippen LogP contribution in [-0.4, -0.2) is 130 Å². The summed E-state index contributed by atoms with van der Waals surface area (Å²) in [6.45, 7) is 1.22. The molecule has 53 heavy (non-hydrogen) atoms. The summed E-state index contributed by atoms with van der Waals surface area (Å²) in [4.78, 5) is 129. The van der Waals surface area contributed by atoms with Gasteiger partial charge in [-0.15, -0.1) is 0 Å². The molecule has 0 saturated heterocycles. The lowest BCUT2D eigenvalue weighted by molar-refractivity contribution is 0.183. The number of aliphatic imine (C=N–C) groups is 6. The molecule has 22 heteroatoms. The molecule has 0 spiro atoms. The van der Waals surface area contributed by atoms with Gasteiger partial charge in [-0.05, 0) is 38.5 Å². The molecule has 0 rings (SSSR count). The summed E-state index contributed by atoms with van der Waals surface area (Å²) < 4.78 is 0. The number of isocyanates is 6. The fraction of sp³-hybridized carbons (Fsp3) is 0.677. The first-order valence-corrected chi connectivity index (χ1v) is 16.7. The average molecular weight is 747 g/mol. The summed E-state index contributed by atoms with van der Waals surface area (Å²) in [6, 6.07) is -2.77. The van der Waals surface area contributed by atoms with Crippen LogP contribution < -0.4 is 21.3 Å². The second kappa shape index (κ2) is 38.6. The number of imide groups is 2. The van der Waals surface area contributed by atoms with Crippen LogP contribution in [0.15, 0.2) is 30.0 Å². The number of urea groups is 4. The van der Waals surface area contributed by atoms with Crippen molar-refractivity contribution in [2.75, 3.05) is 59.3 Å². The van der Waals surface area contributed by atoms with Gasteiger partial charge in [-0.25, -0.2) is 72.7 Å².